The van der Waals surface area contributed by atoms with Gasteiger partial charge >= 0.3 is 5.63 Å². The molecular weight excluding hydrogens is 434 g/mol. The maximum atomic E-state index is 12.3. The molecule has 8 nitrogen and oxygen atoms in total. The van der Waals surface area contributed by atoms with Gasteiger partial charge in [0.1, 0.15) is 5.58 Å². The second-order valence-electron chi connectivity index (χ2n) is 9.84. The third kappa shape index (κ3) is 4.62. The summed E-state index contributed by atoms with van der Waals surface area (Å²) in [6.07, 6.45) is 4.42. The number of benzene rings is 1. The number of imide groups is 1. The number of carbonyl (C=O) groups is 3. The molecule has 1 N–H and O–H groups in total. The molecule has 2 aliphatic rings. The van der Waals surface area contributed by atoms with Crippen LogP contribution in [0.5, 0.6) is 0 Å². The number of hydrogen-bond donors (Lipinski definition) is 1. The van der Waals surface area contributed by atoms with Crippen LogP contribution in [0.15, 0.2) is 39.6 Å². The van der Waals surface area contributed by atoms with Gasteiger partial charge in [0, 0.05) is 67.0 Å². The highest BCUT2D eigenvalue weighted by molar-refractivity contribution is 6.12. The molecule has 180 valence electrons. The van der Waals surface area contributed by atoms with Crippen molar-refractivity contribution in [1.82, 2.24) is 10.2 Å². The number of hydrogen-bond acceptors (Lipinski definition) is 6. The Hall–Kier alpha value is -3.42. The number of aryl methyl sites for hydroxylation is 1. The van der Waals surface area contributed by atoms with Gasteiger partial charge in [0.05, 0.1) is 0 Å². The van der Waals surface area contributed by atoms with E-state index in [0.717, 1.165) is 28.0 Å². The first-order chi connectivity index (χ1) is 16.1. The number of fused-ring (bicyclic) bond motifs is 2. The third-order valence-corrected chi connectivity index (χ3v) is 6.80. The molecule has 0 saturated heterocycles. The van der Waals surface area contributed by atoms with Gasteiger partial charge in [-0.05, 0) is 56.7 Å². The van der Waals surface area contributed by atoms with Crippen LogP contribution >= 0.6 is 0 Å². The summed E-state index contributed by atoms with van der Waals surface area (Å²) in [4.78, 5) is 50.9. The van der Waals surface area contributed by atoms with Crippen LogP contribution in [0.4, 0.5) is 5.69 Å². The van der Waals surface area contributed by atoms with Crippen molar-refractivity contribution in [2.24, 2.45) is 0 Å². The van der Waals surface area contributed by atoms with Crippen molar-refractivity contribution in [2.75, 3.05) is 24.5 Å². The van der Waals surface area contributed by atoms with E-state index in [1.807, 2.05) is 13.0 Å². The Labute approximate surface area is 198 Å². The standard InChI is InChI=1S/C26H31N3O5/c1-16-12-25(33)34-21-14-20-18(13-19(16)21)17(2)15-26(3,4)29(20)10-5-6-22(30)27-9-11-28-23(31)7-8-24(28)32/h7-8,12-14,17H,5-6,9-11,15H2,1-4H3,(H,27,30). The van der Waals surface area contributed by atoms with E-state index >= 15 is 0 Å². The van der Waals surface area contributed by atoms with E-state index in [2.05, 4.69) is 37.1 Å². The lowest BCUT2D eigenvalue weighted by atomic mass is 9.79. The second-order valence-corrected chi connectivity index (χ2v) is 9.84. The lowest BCUT2D eigenvalue weighted by Crippen LogP contribution is -2.49. The van der Waals surface area contributed by atoms with Gasteiger partial charge in [0.15, 0.2) is 0 Å². The van der Waals surface area contributed by atoms with Gasteiger partial charge in [-0.1, -0.05) is 6.92 Å². The fraction of sp³-hybridized carbons (Fsp3) is 0.462. The van der Waals surface area contributed by atoms with Gasteiger partial charge in [-0.2, -0.15) is 0 Å². The third-order valence-electron chi connectivity index (χ3n) is 6.80. The van der Waals surface area contributed by atoms with Gasteiger partial charge in [0.2, 0.25) is 5.91 Å². The predicted octanol–water partition coefficient (Wildman–Crippen LogP) is 3.02. The van der Waals surface area contributed by atoms with Crippen molar-refractivity contribution < 1.29 is 18.8 Å². The Morgan fingerprint density at radius 3 is 2.53 bits per heavy atom. The topological polar surface area (TPSA) is 99.9 Å². The molecule has 0 bridgehead atoms. The predicted molar refractivity (Wildman–Crippen MR) is 130 cm³/mol. The molecule has 0 saturated carbocycles. The Bertz CT molecular complexity index is 1220. The molecule has 2 aromatic rings. The Morgan fingerprint density at radius 1 is 1.12 bits per heavy atom. The molecule has 1 aromatic heterocycles. The molecule has 1 atom stereocenters. The molecule has 0 radical (unpaired) electrons. The minimum Gasteiger partial charge on any atom is -0.423 e. The molecule has 34 heavy (non-hydrogen) atoms. The molecule has 2 aliphatic heterocycles. The van der Waals surface area contributed by atoms with Crippen molar-refractivity contribution in [3.63, 3.8) is 0 Å². The van der Waals surface area contributed by atoms with Gasteiger partial charge in [0.25, 0.3) is 11.8 Å². The zero-order valence-electron chi connectivity index (χ0n) is 20.1. The van der Waals surface area contributed by atoms with Crippen LogP contribution < -0.4 is 15.8 Å². The quantitative estimate of drug-likeness (QED) is 0.498. The summed E-state index contributed by atoms with van der Waals surface area (Å²) in [5, 5.41) is 3.74. The molecule has 1 unspecified atom stereocenters. The number of nitrogens with zero attached hydrogens (tertiary/aromatic N) is 2. The SMILES string of the molecule is Cc1cc(=O)oc2cc3c(cc12)C(C)CC(C)(C)N3CCCC(=O)NCCN1C(=O)C=CC1=O. The van der Waals surface area contributed by atoms with Crippen molar-refractivity contribution in [1.29, 1.82) is 0 Å². The molecule has 0 aliphatic carbocycles. The maximum absolute atomic E-state index is 12.3. The number of nitrogens with one attached hydrogen (secondary N) is 1. The van der Waals surface area contributed by atoms with Crippen LogP contribution in [0.25, 0.3) is 11.0 Å². The van der Waals surface area contributed by atoms with E-state index in [4.69, 9.17) is 4.42 Å². The smallest absolute Gasteiger partial charge is 0.336 e. The monoisotopic (exact) mass is 465 g/mol. The average Bonchev–Trinajstić information content (AvgIpc) is 3.06. The van der Waals surface area contributed by atoms with Crippen molar-refractivity contribution >= 4 is 34.4 Å². The zero-order valence-corrected chi connectivity index (χ0v) is 20.1. The Morgan fingerprint density at radius 2 is 1.82 bits per heavy atom. The maximum Gasteiger partial charge on any atom is 0.336 e. The number of carbonyl (C=O) groups excluding carboxylic acids is 3. The van der Waals surface area contributed by atoms with Gasteiger partial charge in [-0.25, -0.2) is 4.79 Å². The van der Waals surface area contributed by atoms with Crippen LogP contribution in [0, 0.1) is 6.92 Å². The van der Waals surface area contributed by atoms with Crippen molar-refractivity contribution in [3.05, 3.63) is 51.9 Å². The lowest BCUT2D eigenvalue weighted by molar-refractivity contribution is -0.137. The van der Waals surface area contributed by atoms with Crippen molar-refractivity contribution in [3.8, 4) is 0 Å². The highest BCUT2D eigenvalue weighted by Crippen LogP contribution is 2.45. The van der Waals surface area contributed by atoms with E-state index in [1.54, 1.807) is 0 Å². The van der Waals surface area contributed by atoms with Gasteiger partial charge in [-0.15, -0.1) is 0 Å². The van der Waals surface area contributed by atoms with Crippen LogP contribution in [0.2, 0.25) is 0 Å². The first kappa shape index (κ1) is 23.7. The number of anilines is 1. The summed E-state index contributed by atoms with van der Waals surface area (Å²) in [7, 11) is 0. The van der Waals surface area contributed by atoms with Crippen LogP contribution in [-0.2, 0) is 14.4 Å². The molecule has 8 heteroatoms. The van der Waals surface area contributed by atoms with E-state index in [1.165, 1.54) is 23.8 Å². The van der Waals surface area contributed by atoms with Gasteiger partial charge in [-0.3, -0.25) is 19.3 Å². The Kier molecular flexibility index (Phi) is 6.34. The second kappa shape index (κ2) is 9.08. The largest absolute Gasteiger partial charge is 0.423 e. The first-order valence-electron chi connectivity index (χ1n) is 11.7. The number of amides is 3. The van der Waals surface area contributed by atoms with E-state index < -0.39 is 0 Å². The minimum atomic E-state index is -0.357. The van der Waals surface area contributed by atoms with Crippen LogP contribution in [-0.4, -0.2) is 47.8 Å². The fourth-order valence-corrected chi connectivity index (χ4v) is 5.16. The highest BCUT2D eigenvalue weighted by Gasteiger charge is 2.36. The molecular formula is C26H31N3O5. The van der Waals surface area contributed by atoms with Gasteiger partial charge < -0.3 is 14.6 Å². The average molecular weight is 466 g/mol. The van der Waals surface area contributed by atoms with E-state index in [0.29, 0.717) is 30.9 Å². The van der Waals surface area contributed by atoms with Crippen LogP contribution in [0.3, 0.4) is 0 Å². The lowest BCUT2D eigenvalue weighted by Gasteiger charge is -2.47. The number of rotatable bonds is 7. The normalized spacial score (nSPS) is 19.1. The van der Waals surface area contributed by atoms with Crippen molar-refractivity contribution in [2.45, 2.75) is 58.4 Å². The zero-order chi connectivity index (χ0) is 24.6. The molecule has 3 amide bonds. The highest BCUT2D eigenvalue weighted by atomic mass is 16.4. The molecule has 0 fully saturated rings. The first-order valence-corrected chi connectivity index (χ1v) is 11.7. The molecule has 0 spiro atoms. The fourth-order valence-electron chi connectivity index (χ4n) is 5.16. The molecule has 1 aromatic carbocycles. The van der Waals surface area contributed by atoms with E-state index in [9.17, 15) is 19.2 Å². The summed E-state index contributed by atoms with van der Waals surface area (Å²) in [5.41, 5.74) is 3.28. The summed E-state index contributed by atoms with van der Waals surface area (Å²) >= 11 is 0. The Balaban J connectivity index is 1.42. The molecule has 4 rings (SSSR count). The summed E-state index contributed by atoms with van der Waals surface area (Å²) in [6.45, 7) is 9.61. The molecule has 3 heterocycles. The summed E-state index contributed by atoms with van der Waals surface area (Å²) in [5.74, 6) is -0.461. The van der Waals surface area contributed by atoms with E-state index in [-0.39, 0.29) is 42.0 Å². The minimum absolute atomic E-state index is 0.115. The van der Waals surface area contributed by atoms with Crippen LogP contribution in [0.1, 0.15) is 57.1 Å². The summed E-state index contributed by atoms with van der Waals surface area (Å²) in [6, 6.07) is 5.63. The summed E-state index contributed by atoms with van der Waals surface area (Å²) < 4.78 is 5.50.